The highest BCUT2D eigenvalue weighted by molar-refractivity contribution is 8.00. The van der Waals surface area contributed by atoms with E-state index in [1.807, 2.05) is 42.1 Å². The van der Waals surface area contributed by atoms with Crippen LogP contribution in [0.15, 0.2) is 48.5 Å². The molecule has 2 aromatic carbocycles. The summed E-state index contributed by atoms with van der Waals surface area (Å²) in [7, 11) is 1.77. The molecule has 4 rings (SSSR count). The van der Waals surface area contributed by atoms with Crippen LogP contribution in [-0.2, 0) is 4.74 Å². The molecule has 2 atom stereocenters. The van der Waals surface area contributed by atoms with Gasteiger partial charge in [0.25, 0.3) is 0 Å². The van der Waals surface area contributed by atoms with Crippen molar-refractivity contribution in [2.24, 2.45) is 0 Å². The summed E-state index contributed by atoms with van der Waals surface area (Å²) in [6.07, 6.45) is 8.52. The molecule has 0 amide bonds. The van der Waals surface area contributed by atoms with E-state index in [1.54, 1.807) is 13.2 Å². The van der Waals surface area contributed by atoms with Crippen LogP contribution in [0.1, 0.15) is 16.7 Å². The molecule has 3 nitrogen and oxygen atoms in total. The van der Waals surface area contributed by atoms with Gasteiger partial charge in [-0.25, -0.2) is 0 Å². The summed E-state index contributed by atoms with van der Waals surface area (Å²) in [5.74, 6) is 1.27. The van der Waals surface area contributed by atoms with Gasteiger partial charge in [0.15, 0.2) is 0 Å². The molecule has 2 aromatic rings. The van der Waals surface area contributed by atoms with Gasteiger partial charge in [0.2, 0.25) is 0 Å². The number of para-hydroxylation sites is 1. The molecule has 0 aromatic heterocycles. The second-order valence-corrected chi connectivity index (χ2v) is 7.04. The highest BCUT2D eigenvalue weighted by Crippen LogP contribution is 2.41. The Morgan fingerprint density at radius 3 is 2.92 bits per heavy atom. The summed E-state index contributed by atoms with van der Waals surface area (Å²) in [6, 6.07) is 13.8. The fourth-order valence-electron chi connectivity index (χ4n) is 3.16. The Morgan fingerprint density at radius 2 is 2.08 bits per heavy atom. The van der Waals surface area contributed by atoms with Gasteiger partial charge in [-0.05, 0) is 23.3 Å². The lowest BCUT2D eigenvalue weighted by molar-refractivity contribution is 0.123. The number of phenols is 1. The van der Waals surface area contributed by atoms with E-state index < -0.39 is 0 Å². The zero-order valence-corrected chi connectivity index (χ0v) is 14.2. The Balaban J connectivity index is 1.67. The number of methoxy groups -OCH3 is 1. The molecule has 0 aliphatic carbocycles. The Kier molecular flexibility index (Phi) is 4.08. The predicted molar refractivity (Wildman–Crippen MR) is 102 cm³/mol. The van der Waals surface area contributed by atoms with E-state index in [-0.39, 0.29) is 6.23 Å². The van der Waals surface area contributed by atoms with Crippen LogP contribution in [0, 0.1) is 0 Å². The number of nitrogens with zero attached hydrogens (tertiary/aromatic N) is 1. The first kappa shape index (κ1) is 15.4. The lowest BCUT2D eigenvalue weighted by atomic mass is 10.0. The van der Waals surface area contributed by atoms with E-state index in [0.29, 0.717) is 11.1 Å². The molecule has 2 unspecified atom stereocenters. The van der Waals surface area contributed by atoms with Crippen LogP contribution < -0.4 is 4.90 Å². The molecule has 24 heavy (non-hydrogen) atoms. The number of aromatic hydroxyl groups is 1. The van der Waals surface area contributed by atoms with E-state index >= 15 is 0 Å². The number of rotatable bonds is 3. The minimum Gasteiger partial charge on any atom is -0.507 e. The molecule has 1 N–H and O–H groups in total. The van der Waals surface area contributed by atoms with Gasteiger partial charge in [-0.2, -0.15) is 0 Å². The van der Waals surface area contributed by atoms with Crippen molar-refractivity contribution in [1.82, 2.24) is 0 Å². The van der Waals surface area contributed by atoms with Gasteiger partial charge in [-0.3, -0.25) is 0 Å². The van der Waals surface area contributed by atoms with Gasteiger partial charge in [0.1, 0.15) is 12.0 Å². The Hall–Kier alpha value is -2.17. The highest BCUT2D eigenvalue weighted by atomic mass is 32.2. The first-order chi connectivity index (χ1) is 11.8. The van der Waals surface area contributed by atoms with E-state index in [1.165, 1.54) is 11.3 Å². The summed E-state index contributed by atoms with van der Waals surface area (Å²) in [6.45, 7) is 0. The van der Waals surface area contributed by atoms with Crippen molar-refractivity contribution in [2.45, 2.75) is 11.6 Å². The average Bonchev–Trinajstić information content (AvgIpc) is 3.04. The number of ether oxygens (including phenoxy) is 1. The minimum absolute atomic E-state index is 0.112. The maximum atomic E-state index is 9.88. The number of phenolic OH excluding ortho intramolecular Hbond substituents is 1. The third-order valence-corrected chi connectivity index (χ3v) is 5.63. The summed E-state index contributed by atoms with van der Waals surface area (Å²) < 4.78 is 5.64. The van der Waals surface area contributed by atoms with Crippen molar-refractivity contribution in [3.05, 3.63) is 65.2 Å². The number of fused-ring (bicyclic) bond motifs is 3. The summed E-state index contributed by atoms with van der Waals surface area (Å²) in [5.41, 5.74) is 4.35. The van der Waals surface area contributed by atoms with Gasteiger partial charge in [-0.1, -0.05) is 54.6 Å². The summed E-state index contributed by atoms with van der Waals surface area (Å²) in [4.78, 5) is 2.34. The fraction of sp³-hybridized carbons (Fsp3) is 0.200. The van der Waals surface area contributed by atoms with Crippen molar-refractivity contribution in [3.8, 4) is 5.75 Å². The lowest BCUT2D eigenvalue weighted by Crippen LogP contribution is -2.38. The second-order valence-electron chi connectivity index (χ2n) is 5.89. The van der Waals surface area contributed by atoms with Crippen LogP contribution >= 0.6 is 11.8 Å². The second kappa shape index (κ2) is 6.38. The lowest BCUT2D eigenvalue weighted by Gasteiger charge is -2.33. The molecule has 0 radical (unpaired) electrons. The Labute approximate surface area is 146 Å². The number of anilines is 1. The van der Waals surface area contributed by atoms with Crippen molar-refractivity contribution in [3.63, 3.8) is 0 Å². The van der Waals surface area contributed by atoms with Crippen molar-refractivity contribution in [1.29, 1.82) is 0 Å². The molecule has 1 saturated heterocycles. The van der Waals surface area contributed by atoms with E-state index in [2.05, 4.69) is 35.3 Å². The molecule has 1 fully saturated rings. The third kappa shape index (κ3) is 2.72. The Bertz CT molecular complexity index is 815. The van der Waals surface area contributed by atoms with Gasteiger partial charge < -0.3 is 14.7 Å². The zero-order valence-electron chi connectivity index (χ0n) is 13.4. The van der Waals surface area contributed by atoms with Crippen molar-refractivity contribution < 1.29 is 9.84 Å². The molecule has 0 spiro atoms. The topological polar surface area (TPSA) is 32.7 Å². The van der Waals surface area contributed by atoms with Crippen molar-refractivity contribution in [2.75, 3.05) is 17.8 Å². The number of benzene rings is 2. The first-order valence-corrected chi connectivity index (χ1v) is 9.02. The monoisotopic (exact) mass is 337 g/mol. The molecule has 2 aliphatic rings. The molecule has 0 bridgehead atoms. The molecule has 122 valence electrons. The van der Waals surface area contributed by atoms with Crippen molar-refractivity contribution >= 4 is 35.7 Å². The minimum atomic E-state index is 0.112. The number of thioether (sulfide) groups is 1. The maximum absolute atomic E-state index is 9.88. The normalized spacial score (nSPS) is 22.0. The predicted octanol–water partition coefficient (Wildman–Crippen LogP) is 4.44. The van der Waals surface area contributed by atoms with Crippen LogP contribution in [0.2, 0.25) is 0 Å². The van der Waals surface area contributed by atoms with Crippen LogP contribution in [0.3, 0.4) is 0 Å². The molecular weight excluding hydrogens is 318 g/mol. The van der Waals surface area contributed by atoms with Crippen LogP contribution in [0.5, 0.6) is 5.75 Å². The highest BCUT2D eigenvalue weighted by Gasteiger charge is 2.35. The standard InChI is InChI=1S/C20H19NO2S/c1-23-19-13-24-20-11-10-15-8-6-14(12-17(15)21(19)20)7-9-16-4-2-3-5-18(16)22/h2-12,19-20,22H,13H2,1H3/b9-7+. The van der Waals surface area contributed by atoms with E-state index in [9.17, 15) is 5.11 Å². The van der Waals surface area contributed by atoms with Crippen LogP contribution in [0.25, 0.3) is 18.2 Å². The molecule has 2 aliphatic heterocycles. The van der Waals surface area contributed by atoms with E-state index in [4.69, 9.17) is 4.74 Å². The zero-order chi connectivity index (χ0) is 16.5. The van der Waals surface area contributed by atoms with Crippen LogP contribution in [0.4, 0.5) is 5.69 Å². The molecule has 2 heterocycles. The summed E-state index contributed by atoms with van der Waals surface area (Å²) in [5, 5.41) is 10.2. The van der Waals surface area contributed by atoms with E-state index in [0.717, 1.165) is 16.9 Å². The smallest absolute Gasteiger partial charge is 0.140 e. The first-order valence-electron chi connectivity index (χ1n) is 7.97. The molecule has 4 heteroatoms. The Morgan fingerprint density at radius 1 is 1.21 bits per heavy atom. The van der Waals surface area contributed by atoms with Crippen LogP contribution in [-0.4, -0.2) is 29.6 Å². The van der Waals surface area contributed by atoms with Gasteiger partial charge in [0.05, 0.1) is 5.37 Å². The third-order valence-electron chi connectivity index (χ3n) is 4.43. The SMILES string of the molecule is COC1CSC2C=Cc3ccc(/C=C/c4ccccc4O)cc3N12. The maximum Gasteiger partial charge on any atom is 0.140 e. The number of hydrogen-bond acceptors (Lipinski definition) is 4. The van der Waals surface area contributed by atoms with Gasteiger partial charge in [-0.15, -0.1) is 11.8 Å². The number of hydrogen-bond donors (Lipinski definition) is 1. The van der Waals surface area contributed by atoms with Gasteiger partial charge >= 0.3 is 0 Å². The largest absolute Gasteiger partial charge is 0.507 e. The molecular formula is C20H19NO2S. The quantitative estimate of drug-likeness (QED) is 0.839. The fourth-order valence-corrected chi connectivity index (χ4v) is 4.41. The average molecular weight is 337 g/mol. The molecule has 0 saturated carbocycles. The summed E-state index contributed by atoms with van der Waals surface area (Å²) >= 11 is 1.90. The van der Waals surface area contributed by atoms with Gasteiger partial charge in [0, 0.05) is 24.1 Å².